The van der Waals surface area contributed by atoms with E-state index in [2.05, 4.69) is 4.72 Å². The number of halogens is 1. The second-order valence-corrected chi connectivity index (χ2v) is 3.39. The Morgan fingerprint density at radius 2 is 2.38 bits per heavy atom. The summed E-state index contributed by atoms with van der Waals surface area (Å²) < 4.78 is 15.9. The predicted molar refractivity (Wildman–Crippen MR) is 48.0 cm³/mol. The third-order valence-electron chi connectivity index (χ3n) is 1.78. The predicted octanol–water partition coefficient (Wildman–Crippen LogP) is 2.31. The third-order valence-corrected chi connectivity index (χ3v) is 2.60. The monoisotopic (exact) mass is 200 g/mol. The van der Waals surface area contributed by atoms with Crippen molar-refractivity contribution in [3.8, 4) is 0 Å². The van der Waals surface area contributed by atoms with E-state index >= 15 is 0 Å². The minimum Gasteiger partial charge on any atom is -0.329 e. The van der Waals surface area contributed by atoms with Crippen LogP contribution >= 0.6 is 11.9 Å². The molecule has 4 nitrogen and oxygen atoms in total. The Labute approximate surface area is 77.4 Å². The molecule has 2 rings (SSSR count). The highest BCUT2D eigenvalue weighted by Crippen LogP contribution is 2.34. The van der Waals surface area contributed by atoms with Crippen LogP contribution in [0.3, 0.4) is 0 Å². The number of rotatable bonds is 1. The summed E-state index contributed by atoms with van der Waals surface area (Å²) in [5.41, 5.74) is 0.953. The van der Waals surface area contributed by atoms with Gasteiger partial charge in [-0.25, -0.2) is 0 Å². The zero-order valence-corrected chi connectivity index (χ0v) is 7.23. The van der Waals surface area contributed by atoms with Crippen LogP contribution in [0.5, 0.6) is 0 Å². The van der Waals surface area contributed by atoms with E-state index in [1.807, 2.05) is 0 Å². The zero-order valence-electron chi connectivity index (χ0n) is 6.41. The molecule has 0 fully saturated rings. The van der Waals surface area contributed by atoms with Crippen molar-refractivity contribution in [3.63, 3.8) is 0 Å². The molecule has 0 saturated carbocycles. The van der Waals surface area contributed by atoms with Crippen LogP contribution in [0.25, 0.3) is 0 Å². The Morgan fingerprint density at radius 3 is 3.08 bits per heavy atom. The van der Waals surface area contributed by atoms with Gasteiger partial charge in [-0.15, -0.1) is 0 Å². The summed E-state index contributed by atoms with van der Waals surface area (Å²) >= 11 is 1.39. The van der Waals surface area contributed by atoms with E-state index in [1.54, 1.807) is 0 Å². The molecule has 13 heavy (non-hydrogen) atoms. The van der Waals surface area contributed by atoms with Crippen molar-refractivity contribution < 1.29 is 9.31 Å². The first-order chi connectivity index (χ1) is 6.18. The lowest BCUT2D eigenvalue weighted by molar-refractivity contribution is -0.387. The molecule has 0 saturated heterocycles. The summed E-state index contributed by atoms with van der Waals surface area (Å²) in [6.07, 6.45) is 0. The first kappa shape index (κ1) is 8.31. The van der Waals surface area contributed by atoms with Gasteiger partial charge in [-0.05, 0) is 17.5 Å². The summed E-state index contributed by atoms with van der Waals surface area (Å²) in [6.45, 7) is 0. The van der Waals surface area contributed by atoms with Gasteiger partial charge in [-0.3, -0.25) is 10.1 Å². The van der Waals surface area contributed by atoms with E-state index in [-0.39, 0.29) is 0 Å². The molecule has 1 aromatic carbocycles. The molecular formula is C7H5FN2O2S. The first-order valence-electron chi connectivity index (χ1n) is 3.53. The molecule has 0 bridgehead atoms. The molecule has 0 aliphatic carbocycles. The number of nitrogens with zero attached hydrogens (tertiary/aromatic N) is 1. The highest BCUT2D eigenvalue weighted by molar-refractivity contribution is 8.00. The van der Waals surface area contributed by atoms with Crippen molar-refractivity contribution in [2.45, 2.75) is 5.75 Å². The van der Waals surface area contributed by atoms with Crippen molar-refractivity contribution in [1.29, 1.82) is 0 Å². The fourth-order valence-corrected chi connectivity index (χ4v) is 1.96. The van der Waals surface area contributed by atoms with Crippen molar-refractivity contribution >= 4 is 23.3 Å². The van der Waals surface area contributed by atoms with E-state index in [1.165, 1.54) is 18.0 Å². The van der Waals surface area contributed by atoms with E-state index in [4.69, 9.17) is 0 Å². The lowest BCUT2D eigenvalue weighted by atomic mass is 10.2. The molecule has 68 valence electrons. The van der Waals surface area contributed by atoms with Crippen molar-refractivity contribution in [2.75, 3.05) is 4.72 Å². The third kappa shape index (κ3) is 1.33. The SMILES string of the molecule is O=[N+]([O-])c1cc2c(cc1F)NSC2. The second-order valence-electron chi connectivity index (χ2n) is 2.61. The Hall–Kier alpha value is -1.30. The Balaban J connectivity index is 2.55. The van der Waals surface area contributed by atoms with Crippen LogP contribution < -0.4 is 4.72 Å². The van der Waals surface area contributed by atoms with Gasteiger partial charge in [0.2, 0.25) is 5.82 Å². The van der Waals surface area contributed by atoms with Crippen LogP contribution in [0.4, 0.5) is 15.8 Å². The van der Waals surface area contributed by atoms with Crippen LogP contribution in [-0.4, -0.2) is 4.92 Å². The molecule has 0 radical (unpaired) electrons. The maximum atomic E-state index is 13.0. The number of benzene rings is 1. The van der Waals surface area contributed by atoms with E-state index < -0.39 is 16.4 Å². The summed E-state index contributed by atoms with van der Waals surface area (Å²) in [6, 6.07) is 2.44. The second kappa shape index (κ2) is 2.88. The van der Waals surface area contributed by atoms with Crippen LogP contribution in [0.2, 0.25) is 0 Å². The lowest BCUT2D eigenvalue weighted by Gasteiger charge is -1.98. The molecule has 0 spiro atoms. The van der Waals surface area contributed by atoms with Crippen LogP contribution in [0.15, 0.2) is 12.1 Å². The minimum atomic E-state index is -0.793. The first-order valence-corrected chi connectivity index (χ1v) is 4.51. The van der Waals surface area contributed by atoms with E-state index in [0.29, 0.717) is 11.4 Å². The highest BCUT2D eigenvalue weighted by Gasteiger charge is 2.20. The molecule has 1 aliphatic heterocycles. The molecule has 1 aliphatic rings. The van der Waals surface area contributed by atoms with Crippen molar-refractivity contribution in [2.24, 2.45) is 0 Å². The average molecular weight is 200 g/mol. The van der Waals surface area contributed by atoms with Crippen LogP contribution in [0.1, 0.15) is 5.56 Å². The number of hydrogen-bond donors (Lipinski definition) is 1. The topological polar surface area (TPSA) is 55.2 Å². The standard InChI is InChI=1S/C7H5FN2O2S/c8-5-2-6-4(3-13-9-6)1-7(5)10(11)12/h1-2,9H,3H2. The van der Waals surface area contributed by atoms with Crippen LogP contribution in [0, 0.1) is 15.9 Å². The summed E-state index contributed by atoms with van der Waals surface area (Å²) in [7, 11) is 0. The molecule has 0 aromatic heterocycles. The molecule has 1 heterocycles. The Morgan fingerprint density at radius 1 is 1.62 bits per heavy atom. The van der Waals surface area contributed by atoms with Gasteiger partial charge in [0.1, 0.15) is 0 Å². The van der Waals surface area contributed by atoms with E-state index in [0.717, 1.165) is 11.6 Å². The normalized spacial score (nSPS) is 13.6. The van der Waals surface area contributed by atoms with Crippen molar-refractivity contribution in [1.82, 2.24) is 0 Å². The fourth-order valence-electron chi connectivity index (χ4n) is 1.15. The lowest BCUT2D eigenvalue weighted by Crippen LogP contribution is -1.94. The molecule has 0 amide bonds. The molecule has 1 aromatic rings. The number of nitro groups is 1. The maximum Gasteiger partial charge on any atom is 0.305 e. The summed E-state index contributed by atoms with van der Waals surface area (Å²) in [5, 5.41) is 10.4. The average Bonchev–Trinajstić information content (AvgIpc) is 2.48. The molecule has 6 heteroatoms. The Kier molecular flexibility index (Phi) is 1.84. The van der Waals surface area contributed by atoms with Gasteiger partial charge >= 0.3 is 5.69 Å². The van der Waals surface area contributed by atoms with E-state index in [9.17, 15) is 14.5 Å². The van der Waals surface area contributed by atoms with Gasteiger partial charge in [0.05, 0.1) is 10.6 Å². The number of fused-ring (bicyclic) bond motifs is 1. The number of nitrogens with one attached hydrogen (secondary N) is 1. The van der Waals surface area contributed by atoms with Gasteiger partial charge in [0.25, 0.3) is 0 Å². The maximum absolute atomic E-state index is 13.0. The zero-order chi connectivity index (χ0) is 9.42. The van der Waals surface area contributed by atoms with Gasteiger partial charge in [-0.1, -0.05) is 0 Å². The minimum absolute atomic E-state index is 0.456. The quantitative estimate of drug-likeness (QED) is 0.429. The largest absolute Gasteiger partial charge is 0.329 e. The van der Waals surface area contributed by atoms with Crippen LogP contribution in [-0.2, 0) is 5.75 Å². The van der Waals surface area contributed by atoms with Gasteiger partial charge in [-0.2, -0.15) is 4.39 Å². The van der Waals surface area contributed by atoms with Crippen molar-refractivity contribution in [3.05, 3.63) is 33.6 Å². The summed E-state index contributed by atoms with van der Waals surface area (Å²) in [4.78, 5) is 9.65. The number of hydrogen-bond acceptors (Lipinski definition) is 4. The van der Waals surface area contributed by atoms with Gasteiger partial charge < -0.3 is 4.72 Å². The van der Waals surface area contributed by atoms with Gasteiger partial charge in [0, 0.05) is 17.9 Å². The molecule has 0 atom stereocenters. The summed E-state index contributed by atoms with van der Waals surface area (Å²) in [5.74, 6) is -0.157. The molecule has 0 unspecified atom stereocenters. The molecule has 1 N–H and O–H groups in total. The smallest absolute Gasteiger partial charge is 0.305 e. The number of anilines is 1. The molecular weight excluding hydrogens is 195 g/mol. The number of nitro benzene ring substituents is 1. The Bertz CT molecular complexity index is 383. The highest BCUT2D eigenvalue weighted by atomic mass is 32.2. The van der Waals surface area contributed by atoms with Gasteiger partial charge in [0.15, 0.2) is 0 Å². The fraction of sp³-hybridized carbons (Fsp3) is 0.143.